The van der Waals surface area contributed by atoms with E-state index in [4.69, 9.17) is 16.3 Å². The van der Waals surface area contributed by atoms with Gasteiger partial charge in [0, 0.05) is 47.0 Å². The van der Waals surface area contributed by atoms with Gasteiger partial charge in [0.2, 0.25) is 11.8 Å². The topological polar surface area (TPSA) is 62.2 Å². The number of imide groups is 1. The number of carbonyl (C=O) groups is 2. The number of aryl methyl sites for hydroxylation is 1. The fourth-order valence-corrected chi connectivity index (χ4v) is 5.91. The second-order valence-electron chi connectivity index (χ2n) is 8.65. The Bertz CT molecular complexity index is 1160. The molecule has 0 spiro atoms. The first-order valence-electron chi connectivity index (χ1n) is 11.1. The van der Waals surface area contributed by atoms with Gasteiger partial charge in [-0.1, -0.05) is 17.7 Å². The highest BCUT2D eigenvalue weighted by Crippen LogP contribution is 2.44. The van der Waals surface area contributed by atoms with Gasteiger partial charge in [0.15, 0.2) is 6.17 Å². The van der Waals surface area contributed by atoms with Crippen LogP contribution in [0.25, 0.3) is 5.57 Å². The third kappa shape index (κ3) is 4.80. The fraction of sp³-hybridized carbons (Fsp3) is 0.400. The lowest BCUT2D eigenvalue weighted by atomic mass is 9.99. The van der Waals surface area contributed by atoms with Crippen molar-refractivity contribution in [3.63, 3.8) is 0 Å². The van der Waals surface area contributed by atoms with E-state index in [1.54, 1.807) is 6.07 Å². The standard InChI is InChI=1S/C25H27ClFN3O3S/c1-5-17(25-20(28-3)10-16(34-25)11-30-22(31)6-7-23(30)32)18-9-15(26)8-14(2)24(18)33-21-13-29(4)12-19(21)27/h5,8-10,19,21H,3,6-7,11-13H2,1-2,4H3/b17-5-/t19-,21+/m0/s1. The fourth-order valence-electron chi connectivity index (χ4n) is 4.44. The summed E-state index contributed by atoms with van der Waals surface area (Å²) in [6, 6.07) is 5.46. The Morgan fingerprint density at radius 1 is 1.29 bits per heavy atom. The van der Waals surface area contributed by atoms with E-state index in [9.17, 15) is 14.0 Å². The predicted molar refractivity (Wildman–Crippen MR) is 134 cm³/mol. The van der Waals surface area contributed by atoms with Crippen LogP contribution in [0.3, 0.4) is 0 Å². The third-order valence-corrected chi connectivity index (χ3v) is 7.48. The van der Waals surface area contributed by atoms with Crippen LogP contribution in [-0.2, 0) is 16.1 Å². The predicted octanol–water partition coefficient (Wildman–Crippen LogP) is 5.17. The molecule has 2 aliphatic heterocycles. The monoisotopic (exact) mass is 503 g/mol. The molecule has 2 aromatic rings. The average molecular weight is 504 g/mol. The summed E-state index contributed by atoms with van der Waals surface area (Å²) in [5.41, 5.74) is 3.00. The molecule has 2 fully saturated rings. The summed E-state index contributed by atoms with van der Waals surface area (Å²) in [5, 5.41) is 0.540. The molecule has 0 aliphatic carbocycles. The van der Waals surface area contributed by atoms with Crippen LogP contribution in [0, 0.1) is 6.92 Å². The van der Waals surface area contributed by atoms with E-state index in [2.05, 4.69) is 11.7 Å². The van der Waals surface area contributed by atoms with Gasteiger partial charge in [-0.15, -0.1) is 11.3 Å². The lowest BCUT2D eigenvalue weighted by Crippen LogP contribution is -2.28. The van der Waals surface area contributed by atoms with Gasteiger partial charge in [0.1, 0.15) is 11.9 Å². The SMILES string of the molecule is C=Nc1cc(CN2C(=O)CCC2=O)sc1/C(=C\C)c1cc(Cl)cc(C)c1O[C@@H]1CN(C)C[C@@H]1F. The van der Waals surface area contributed by atoms with E-state index in [1.165, 1.54) is 16.2 Å². The normalized spacial score (nSPS) is 21.6. The Morgan fingerprint density at radius 3 is 2.59 bits per heavy atom. The lowest BCUT2D eigenvalue weighted by Gasteiger charge is -2.21. The van der Waals surface area contributed by atoms with Crippen LogP contribution in [0.15, 0.2) is 29.3 Å². The number of thiophene rings is 1. The van der Waals surface area contributed by atoms with E-state index >= 15 is 0 Å². The molecule has 1 aromatic carbocycles. The number of amides is 2. The largest absolute Gasteiger partial charge is 0.485 e. The van der Waals surface area contributed by atoms with Crippen molar-refractivity contribution in [2.24, 2.45) is 4.99 Å². The van der Waals surface area contributed by atoms with Crippen LogP contribution >= 0.6 is 22.9 Å². The van der Waals surface area contributed by atoms with Gasteiger partial charge in [0.25, 0.3) is 0 Å². The number of nitrogens with zero attached hydrogens (tertiary/aromatic N) is 3. The Labute approximate surface area is 207 Å². The minimum absolute atomic E-state index is 0.164. The van der Waals surface area contributed by atoms with E-state index in [0.717, 1.165) is 26.5 Å². The highest BCUT2D eigenvalue weighted by Gasteiger charge is 2.34. The van der Waals surface area contributed by atoms with Crippen LogP contribution in [-0.4, -0.2) is 60.7 Å². The highest BCUT2D eigenvalue weighted by atomic mass is 35.5. The number of rotatable bonds is 7. The molecule has 0 radical (unpaired) electrons. The molecule has 4 rings (SSSR count). The minimum Gasteiger partial charge on any atom is -0.485 e. The van der Waals surface area contributed by atoms with Gasteiger partial charge in [-0.3, -0.25) is 24.4 Å². The van der Waals surface area contributed by atoms with Crippen molar-refractivity contribution in [2.45, 2.75) is 45.5 Å². The van der Waals surface area contributed by atoms with E-state index in [1.807, 2.05) is 44.0 Å². The van der Waals surface area contributed by atoms with Crippen molar-refractivity contribution >= 4 is 52.7 Å². The maximum Gasteiger partial charge on any atom is 0.230 e. The van der Waals surface area contributed by atoms with Crippen LogP contribution < -0.4 is 4.74 Å². The minimum atomic E-state index is -1.09. The number of likely N-dealkylation sites (N-methyl/N-ethyl adjacent to an activating group) is 1. The number of benzene rings is 1. The molecule has 2 atom stereocenters. The number of allylic oxidation sites excluding steroid dienone is 1. The van der Waals surface area contributed by atoms with Gasteiger partial charge in [-0.05, 0) is 51.4 Å². The summed E-state index contributed by atoms with van der Waals surface area (Å²) in [5.74, 6) is 0.251. The summed E-state index contributed by atoms with van der Waals surface area (Å²) in [7, 11) is 1.87. The van der Waals surface area contributed by atoms with Crippen molar-refractivity contribution in [3.8, 4) is 5.75 Å². The number of hydrogen-bond donors (Lipinski definition) is 0. The smallest absolute Gasteiger partial charge is 0.230 e. The molecule has 0 unspecified atom stereocenters. The summed E-state index contributed by atoms with van der Waals surface area (Å²) in [6.07, 6.45) is 0.763. The number of alkyl halides is 1. The van der Waals surface area contributed by atoms with Crippen molar-refractivity contribution in [1.29, 1.82) is 0 Å². The van der Waals surface area contributed by atoms with E-state index in [0.29, 0.717) is 29.5 Å². The third-order valence-electron chi connectivity index (χ3n) is 6.12. The first kappa shape index (κ1) is 24.6. The molecular weight excluding hydrogens is 477 g/mol. The first-order valence-corrected chi connectivity index (χ1v) is 12.3. The quantitative estimate of drug-likeness (QED) is 0.386. The molecule has 3 heterocycles. The Hall–Kier alpha value is -2.55. The van der Waals surface area contributed by atoms with Gasteiger partial charge in [-0.25, -0.2) is 4.39 Å². The first-order chi connectivity index (χ1) is 16.2. The van der Waals surface area contributed by atoms with Gasteiger partial charge < -0.3 is 4.74 Å². The number of carbonyl (C=O) groups excluding carboxylic acids is 2. The molecule has 0 N–H and O–H groups in total. The molecule has 180 valence electrons. The molecule has 1 aromatic heterocycles. The van der Waals surface area contributed by atoms with Crippen LogP contribution in [0.1, 0.15) is 40.6 Å². The van der Waals surface area contributed by atoms with Crippen molar-refractivity contribution in [2.75, 3.05) is 20.1 Å². The molecule has 0 bridgehead atoms. The number of likely N-dealkylation sites (tertiary alicyclic amines) is 2. The molecule has 2 saturated heterocycles. The summed E-state index contributed by atoms with van der Waals surface area (Å²) >= 11 is 7.86. The zero-order chi connectivity index (χ0) is 24.6. The second-order valence-corrected chi connectivity index (χ2v) is 10.2. The Morgan fingerprint density at radius 2 is 2.00 bits per heavy atom. The number of ether oxygens (including phenoxy) is 1. The van der Waals surface area contributed by atoms with Crippen LogP contribution in [0.4, 0.5) is 10.1 Å². The molecule has 2 aliphatic rings. The van der Waals surface area contributed by atoms with Crippen molar-refractivity contribution in [3.05, 3.63) is 50.2 Å². The number of hydrogen-bond acceptors (Lipinski definition) is 6. The van der Waals surface area contributed by atoms with Gasteiger partial charge in [0.05, 0.1) is 17.1 Å². The average Bonchev–Trinajstić information content (AvgIpc) is 3.43. The zero-order valence-corrected chi connectivity index (χ0v) is 21.0. The maximum atomic E-state index is 14.6. The molecule has 34 heavy (non-hydrogen) atoms. The van der Waals surface area contributed by atoms with Crippen LogP contribution in [0.2, 0.25) is 5.02 Å². The molecule has 6 nitrogen and oxygen atoms in total. The molecule has 0 saturated carbocycles. The van der Waals surface area contributed by atoms with E-state index < -0.39 is 12.3 Å². The Balaban J connectivity index is 1.73. The summed E-state index contributed by atoms with van der Waals surface area (Å²) in [6.45, 7) is 8.52. The van der Waals surface area contributed by atoms with Gasteiger partial charge >= 0.3 is 0 Å². The zero-order valence-electron chi connectivity index (χ0n) is 19.4. The Kier molecular flexibility index (Phi) is 7.21. The lowest BCUT2D eigenvalue weighted by molar-refractivity contribution is -0.138. The highest BCUT2D eigenvalue weighted by molar-refractivity contribution is 7.13. The summed E-state index contributed by atoms with van der Waals surface area (Å²) in [4.78, 5) is 33.2. The summed E-state index contributed by atoms with van der Waals surface area (Å²) < 4.78 is 20.8. The molecule has 9 heteroatoms. The van der Waals surface area contributed by atoms with Crippen molar-refractivity contribution in [1.82, 2.24) is 9.80 Å². The molecule has 2 amide bonds. The number of aliphatic imine (C=N–C) groups is 1. The number of halogens is 2. The molecular formula is C25H27ClFN3O3S. The van der Waals surface area contributed by atoms with E-state index in [-0.39, 0.29) is 31.2 Å². The van der Waals surface area contributed by atoms with Crippen LogP contribution in [0.5, 0.6) is 5.75 Å². The van der Waals surface area contributed by atoms with Crippen molar-refractivity contribution < 1.29 is 18.7 Å². The maximum absolute atomic E-state index is 14.6. The second kappa shape index (κ2) is 9.98. The van der Waals surface area contributed by atoms with Gasteiger partial charge in [-0.2, -0.15) is 0 Å².